The number of rotatable bonds is 7. The summed E-state index contributed by atoms with van der Waals surface area (Å²) in [6.45, 7) is 0.278. The van der Waals surface area contributed by atoms with E-state index in [0.717, 1.165) is 5.56 Å². The number of nitrogens with one attached hydrogen (secondary N) is 1. The van der Waals surface area contributed by atoms with Crippen molar-refractivity contribution < 1.29 is 14.4 Å². The predicted molar refractivity (Wildman–Crippen MR) is 131 cm³/mol. The highest BCUT2D eigenvalue weighted by Crippen LogP contribution is 2.25. The molecule has 35 heavy (non-hydrogen) atoms. The van der Waals surface area contributed by atoms with Crippen LogP contribution in [-0.2, 0) is 6.42 Å². The van der Waals surface area contributed by atoms with Gasteiger partial charge in [-0.05, 0) is 65.1 Å². The van der Waals surface area contributed by atoms with E-state index in [1.54, 1.807) is 28.9 Å². The van der Waals surface area contributed by atoms with Crippen molar-refractivity contribution in [2.45, 2.75) is 11.6 Å². The number of tetrazole rings is 1. The third-order valence-corrected chi connectivity index (χ3v) is 6.29. The molecule has 4 aromatic rings. The Morgan fingerprint density at radius 2 is 1.74 bits per heavy atom. The number of aromatic nitrogens is 4. The maximum absolute atomic E-state index is 12.9. The van der Waals surface area contributed by atoms with E-state index in [2.05, 4.69) is 20.8 Å². The van der Waals surface area contributed by atoms with Crippen LogP contribution >= 0.6 is 11.8 Å². The van der Waals surface area contributed by atoms with Crippen LogP contribution in [0.25, 0.3) is 5.69 Å². The molecule has 1 aliphatic rings. The van der Waals surface area contributed by atoms with Gasteiger partial charge in [0.15, 0.2) is 0 Å². The Bertz CT molecular complexity index is 1440. The summed E-state index contributed by atoms with van der Waals surface area (Å²) < 4.78 is 1.57. The number of fused-ring (bicyclic) bond motifs is 1. The zero-order valence-corrected chi connectivity index (χ0v) is 19.5. The normalized spacial score (nSPS) is 12.7. The highest BCUT2D eigenvalue weighted by atomic mass is 32.2. The summed E-state index contributed by atoms with van der Waals surface area (Å²) in [5.41, 5.74) is 3.11. The lowest BCUT2D eigenvalue weighted by molar-refractivity contribution is 0.0656. The monoisotopic (exact) mass is 484 g/mol. The number of amides is 3. The van der Waals surface area contributed by atoms with E-state index in [0.29, 0.717) is 28.5 Å². The number of nitrogens with zero attached hydrogens (tertiary/aromatic N) is 5. The molecule has 1 aromatic heterocycles. The average Bonchev–Trinajstić information content (AvgIpc) is 3.46. The highest BCUT2D eigenvalue weighted by Gasteiger charge is 2.35. The lowest BCUT2D eigenvalue weighted by atomic mass is 10.1. The minimum atomic E-state index is -0.394. The molecule has 0 saturated carbocycles. The Morgan fingerprint density at radius 3 is 2.54 bits per heavy atom. The van der Waals surface area contributed by atoms with E-state index in [4.69, 9.17) is 0 Å². The standard InChI is InChI=1S/C25H20N6O3S/c1-35-25-27-28-29-31(25)19-9-5-8-18(15-19)26-22(32)17-10-11-20-21(14-17)24(34)30(23(20)33)13-12-16-6-3-2-4-7-16/h2-11,14-15H,12-13H2,1H3,(H,26,32). The first-order valence-corrected chi connectivity index (χ1v) is 12.1. The fourth-order valence-corrected chi connectivity index (χ4v) is 4.34. The Kier molecular flexibility index (Phi) is 6.11. The molecule has 1 aliphatic heterocycles. The van der Waals surface area contributed by atoms with Gasteiger partial charge in [-0.2, -0.15) is 4.68 Å². The van der Waals surface area contributed by atoms with Crippen molar-refractivity contribution >= 4 is 35.2 Å². The van der Waals surface area contributed by atoms with Crippen LogP contribution < -0.4 is 5.32 Å². The maximum Gasteiger partial charge on any atom is 0.261 e. The molecule has 0 unspecified atom stereocenters. The summed E-state index contributed by atoms with van der Waals surface area (Å²) in [6.07, 6.45) is 2.44. The van der Waals surface area contributed by atoms with Gasteiger partial charge in [0.1, 0.15) is 0 Å². The molecule has 0 fully saturated rings. The van der Waals surface area contributed by atoms with Crippen LogP contribution in [-0.4, -0.2) is 55.6 Å². The van der Waals surface area contributed by atoms with Gasteiger partial charge in [-0.25, -0.2) is 0 Å². The summed E-state index contributed by atoms with van der Waals surface area (Å²) in [6, 6.07) is 21.3. The summed E-state index contributed by atoms with van der Waals surface area (Å²) in [4.78, 5) is 39.9. The summed E-state index contributed by atoms with van der Waals surface area (Å²) in [5, 5.41) is 15.1. The van der Waals surface area contributed by atoms with E-state index in [9.17, 15) is 14.4 Å². The molecule has 0 saturated heterocycles. The van der Waals surface area contributed by atoms with E-state index in [-0.39, 0.29) is 29.5 Å². The lowest BCUT2D eigenvalue weighted by Crippen LogP contribution is -2.31. The molecule has 3 aromatic carbocycles. The first kappa shape index (κ1) is 22.5. The largest absolute Gasteiger partial charge is 0.322 e. The van der Waals surface area contributed by atoms with E-state index >= 15 is 0 Å². The van der Waals surface area contributed by atoms with Crippen molar-refractivity contribution in [2.75, 3.05) is 18.1 Å². The third-order valence-electron chi connectivity index (χ3n) is 5.67. The molecule has 0 spiro atoms. The molecule has 9 nitrogen and oxygen atoms in total. The smallest absolute Gasteiger partial charge is 0.261 e. The molecule has 174 valence electrons. The van der Waals surface area contributed by atoms with Gasteiger partial charge in [0.05, 0.1) is 16.8 Å². The quantitative estimate of drug-likeness (QED) is 0.316. The fourth-order valence-electron chi connectivity index (χ4n) is 3.91. The lowest BCUT2D eigenvalue weighted by Gasteiger charge is -2.13. The molecule has 3 amide bonds. The molecule has 5 rings (SSSR count). The van der Waals surface area contributed by atoms with Gasteiger partial charge in [-0.15, -0.1) is 5.10 Å². The number of thioether (sulfide) groups is 1. The third kappa shape index (κ3) is 4.43. The number of carbonyl (C=O) groups excluding carboxylic acids is 3. The number of benzene rings is 3. The number of anilines is 1. The molecule has 0 radical (unpaired) electrons. The van der Waals surface area contributed by atoms with Gasteiger partial charge in [0, 0.05) is 17.8 Å². The second-order valence-electron chi connectivity index (χ2n) is 7.84. The SMILES string of the molecule is CSc1nnnn1-c1cccc(NC(=O)c2ccc3c(c2)C(=O)N(CCc2ccccc2)C3=O)c1. The first-order valence-electron chi connectivity index (χ1n) is 10.8. The number of imide groups is 1. The Hall–Kier alpha value is -4.31. The van der Waals surface area contributed by atoms with Crippen LogP contribution in [0.5, 0.6) is 0 Å². The van der Waals surface area contributed by atoms with Gasteiger partial charge < -0.3 is 5.32 Å². The fraction of sp³-hybridized carbons (Fsp3) is 0.120. The van der Waals surface area contributed by atoms with Crippen molar-refractivity contribution in [2.24, 2.45) is 0 Å². The number of carbonyl (C=O) groups is 3. The molecular weight excluding hydrogens is 464 g/mol. The van der Waals surface area contributed by atoms with Crippen LogP contribution in [0.1, 0.15) is 36.6 Å². The second-order valence-corrected chi connectivity index (χ2v) is 8.61. The van der Waals surface area contributed by atoms with Crippen molar-refractivity contribution in [3.8, 4) is 5.69 Å². The Balaban J connectivity index is 1.32. The average molecular weight is 485 g/mol. The molecule has 10 heteroatoms. The van der Waals surface area contributed by atoms with E-state index in [1.165, 1.54) is 28.8 Å². The van der Waals surface area contributed by atoms with Gasteiger partial charge in [-0.3, -0.25) is 19.3 Å². The second kappa shape index (κ2) is 9.51. The molecule has 1 N–H and O–H groups in total. The van der Waals surface area contributed by atoms with Crippen molar-refractivity contribution in [1.29, 1.82) is 0 Å². The topological polar surface area (TPSA) is 110 Å². The minimum Gasteiger partial charge on any atom is -0.322 e. The zero-order chi connectivity index (χ0) is 24.4. The minimum absolute atomic E-state index is 0.239. The highest BCUT2D eigenvalue weighted by molar-refractivity contribution is 7.98. The Morgan fingerprint density at radius 1 is 0.943 bits per heavy atom. The summed E-state index contributed by atoms with van der Waals surface area (Å²) in [7, 11) is 0. The van der Waals surface area contributed by atoms with Gasteiger partial charge in [0.25, 0.3) is 17.7 Å². The van der Waals surface area contributed by atoms with E-state index < -0.39 is 5.91 Å². The van der Waals surface area contributed by atoms with Crippen LogP contribution in [0.3, 0.4) is 0 Å². The molecule has 0 aliphatic carbocycles. The summed E-state index contributed by atoms with van der Waals surface area (Å²) >= 11 is 1.40. The Labute approximate surface area is 205 Å². The molecular formula is C25H20N6O3S. The van der Waals surface area contributed by atoms with Gasteiger partial charge in [-0.1, -0.05) is 48.2 Å². The zero-order valence-electron chi connectivity index (χ0n) is 18.7. The van der Waals surface area contributed by atoms with Gasteiger partial charge >= 0.3 is 0 Å². The predicted octanol–water partition coefficient (Wildman–Crippen LogP) is 3.48. The first-order chi connectivity index (χ1) is 17.0. The van der Waals surface area contributed by atoms with Crippen molar-refractivity contribution in [3.63, 3.8) is 0 Å². The van der Waals surface area contributed by atoms with Crippen LogP contribution in [0, 0.1) is 0 Å². The molecule has 2 heterocycles. The van der Waals surface area contributed by atoms with Crippen molar-refractivity contribution in [3.05, 3.63) is 95.1 Å². The van der Waals surface area contributed by atoms with Crippen molar-refractivity contribution in [1.82, 2.24) is 25.1 Å². The summed E-state index contributed by atoms with van der Waals surface area (Å²) in [5.74, 6) is -1.12. The molecule has 0 atom stereocenters. The number of hydrogen-bond acceptors (Lipinski definition) is 7. The molecule has 0 bridgehead atoms. The van der Waals surface area contributed by atoms with E-state index in [1.807, 2.05) is 42.7 Å². The van der Waals surface area contributed by atoms with Crippen LogP contribution in [0.4, 0.5) is 5.69 Å². The maximum atomic E-state index is 12.9. The van der Waals surface area contributed by atoms with Gasteiger partial charge in [0.2, 0.25) is 5.16 Å². The number of hydrogen-bond donors (Lipinski definition) is 1. The van der Waals surface area contributed by atoms with Crippen LogP contribution in [0.15, 0.2) is 78.0 Å². The van der Waals surface area contributed by atoms with Crippen LogP contribution in [0.2, 0.25) is 0 Å².